The van der Waals surface area contributed by atoms with Crippen LogP contribution in [0.4, 0.5) is 0 Å². The van der Waals surface area contributed by atoms with E-state index in [0.29, 0.717) is 5.75 Å². The zero-order chi connectivity index (χ0) is 16.7. The standard InChI is InChI=1S/C20H26O2/c1-19(2,3)15-11-13(14-9-7-8-10-17(14)21)12-16(18(15)22)20(4,5)6/h7-12,21-22H,1-6H3. The van der Waals surface area contributed by atoms with Gasteiger partial charge in [0.05, 0.1) is 0 Å². The molecule has 0 spiro atoms. The molecular formula is C20H26O2. The lowest BCUT2D eigenvalue weighted by atomic mass is 9.77. The number of phenols is 2. The monoisotopic (exact) mass is 298 g/mol. The minimum absolute atomic E-state index is 0.176. The Balaban J connectivity index is 2.80. The number of aromatic hydroxyl groups is 2. The minimum Gasteiger partial charge on any atom is -0.507 e. The molecule has 0 fully saturated rings. The molecule has 118 valence electrons. The van der Waals surface area contributed by atoms with E-state index in [1.54, 1.807) is 6.07 Å². The average Bonchev–Trinajstić information content (AvgIpc) is 2.37. The summed E-state index contributed by atoms with van der Waals surface area (Å²) in [5, 5.41) is 20.9. The van der Waals surface area contributed by atoms with Crippen molar-refractivity contribution in [3.63, 3.8) is 0 Å². The van der Waals surface area contributed by atoms with Crippen LogP contribution >= 0.6 is 0 Å². The first kappa shape index (κ1) is 16.4. The highest BCUT2D eigenvalue weighted by Crippen LogP contribution is 2.43. The Kier molecular flexibility index (Phi) is 3.99. The summed E-state index contributed by atoms with van der Waals surface area (Å²) < 4.78 is 0. The molecule has 2 aromatic rings. The third-order valence-corrected chi connectivity index (χ3v) is 3.94. The second kappa shape index (κ2) is 5.35. The molecule has 0 saturated carbocycles. The Morgan fingerprint density at radius 2 is 1.18 bits per heavy atom. The number of para-hydroxylation sites is 1. The fraction of sp³-hybridized carbons (Fsp3) is 0.400. The van der Waals surface area contributed by atoms with Crippen molar-refractivity contribution < 1.29 is 10.2 Å². The van der Waals surface area contributed by atoms with Crippen LogP contribution in [0.15, 0.2) is 36.4 Å². The van der Waals surface area contributed by atoms with Gasteiger partial charge >= 0.3 is 0 Å². The Labute approximate surface area is 133 Å². The summed E-state index contributed by atoms with van der Waals surface area (Å²) in [5.41, 5.74) is 3.18. The van der Waals surface area contributed by atoms with Crippen molar-refractivity contribution in [1.82, 2.24) is 0 Å². The molecule has 0 aromatic heterocycles. The first-order valence-corrected chi connectivity index (χ1v) is 7.68. The van der Waals surface area contributed by atoms with Gasteiger partial charge in [-0.3, -0.25) is 0 Å². The van der Waals surface area contributed by atoms with Crippen LogP contribution in [0, 0.1) is 0 Å². The molecule has 2 heteroatoms. The number of phenolic OH excluding ortho intramolecular Hbond substituents is 2. The molecular weight excluding hydrogens is 272 g/mol. The molecule has 22 heavy (non-hydrogen) atoms. The Hall–Kier alpha value is -1.96. The quantitative estimate of drug-likeness (QED) is 0.744. The highest BCUT2D eigenvalue weighted by Gasteiger charge is 2.27. The lowest BCUT2D eigenvalue weighted by molar-refractivity contribution is 0.423. The molecule has 0 aliphatic rings. The maximum Gasteiger partial charge on any atom is 0.123 e. The predicted molar refractivity (Wildman–Crippen MR) is 92.6 cm³/mol. The van der Waals surface area contributed by atoms with Gasteiger partial charge in [-0.15, -0.1) is 0 Å². The van der Waals surface area contributed by atoms with E-state index < -0.39 is 0 Å². The van der Waals surface area contributed by atoms with E-state index in [1.165, 1.54) is 0 Å². The molecule has 2 rings (SSSR count). The molecule has 0 unspecified atom stereocenters. The van der Waals surface area contributed by atoms with Gasteiger partial charge in [0.25, 0.3) is 0 Å². The van der Waals surface area contributed by atoms with Crippen molar-refractivity contribution in [3.8, 4) is 22.6 Å². The minimum atomic E-state index is -0.176. The summed E-state index contributed by atoms with van der Waals surface area (Å²) in [6.45, 7) is 12.5. The largest absolute Gasteiger partial charge is 0.507 e. The third kappa shape index (κ3) is 3.11. The van der Waals surface area contributed by atoms with Gasteiger partial charge in [-0.05, 0) is 34.6 Å². The fourth-order valence-electron chi connectivity index (χ4n) is 2.65. The molecule has 2 N–H and O–H groups in total. The van der Waals surface area contributed by atoms with Crippen molar-refractivity contribution in [2.75, 3.05) is 0 Å². The molecule has 2 aromatic carbocycles. The van der Waals surface area contributed by atoms with Gasteiger partial charge in [0.1, 0.15) is 11.5 Å². The van der Waals surface area contributed by atoms with Gasteiger partial charge < -0.3 is 10.2 Å². The van der Waals surface area contributed by atoms with E-state index in [4.69, 9.17) is 0 Å². The lowest BCUT2D eigenvalue weighted by Gasteiger charge is -2.28. The number of hydrogen-bond donors (Lipinski definition) is 2. The van der Waals surface area contributed by atoms with E-state index >= 15 is 0 Å². The van der Waals surface area contributed by atoms with Crippen molar-refractivity contribution in [1.29, 1.82) is 0 Å². The third-order valence-electron chi connectivity index (χ3n) is 3.94. The summed E-state index contributed by atoms with van der Waals surface area (Å²) >= 11 is 0. The number of benzene rings is 2. The Morgan fingerprint density at radius 1 is 0.727 bits per heavy atom. The number of rotatable bonds is 1. The van der Waals surface area contributed by atoms with Crippen LogP contribution in [0.5, 0.6) is 11.5 Å². The maximum atomic E-state index is 10.7. The normalized spacial score (nSPS) is 12.5. The van der Waals surface area contributed by atoms with Crippen LogP contribution in [-0.4, -0.2) is 10.2 Å². The molecule has 0 saturated heterocycles. The highest BCUT2D eigenvalue weighted by atomic mass is 16.3. The van der Waals surface area contributed by atoms with E-state index in [-0.39, 0.29) is 16.6 Å². The average molecular weight is 298 g/mol. The van der Waals surface area contributed by atoms with Gasteiger partial charge in [0.2, 0.25) is 0 Å². The van der Waals surface area contributed by atoms with Crippen LogP contribution in [0.25, 0.3) is 11.1 Å². The smallest absolute Gasteiger partial charge is 0.123 e. The van der Waals surface area contributed by atoms with Gasteiger partial charge in [0.15, 0.2) is 0 Å². The van der Waals surface area contributed by atoms with Crippen molar-refractivity contribution in [2.24, 2.45) is 0 Å². The van der Waals surface area contributed by atoms with Gasteiger partial charge in [-0.1, -0.05) is 59.7 Å². The number of hydrogen-bond acceptors (Lipinski definition) is 2. The maximum absolute atomic E-state index is 10.7. The first-order chi connectivity index (χ1) is 10.0. The summed E-state index contributed by atoms with van der Waals surface area (Å²) in [5.74, 6) is 0.618. The fourth-order valence-corrected chi connectivity index (χ4v) is 2.65. The molecule has 0 radical (unpaired) electrons. The molecule has 0 heterocycles. The van der Waals surface area contributed by atoms with E-state index in [1.807, 2.05) is 30.3 Å². The van der Waals surface area contributed by atoms with Crippen molar-refractivity contribution in [3.05, 3.63) is 47.5 Å². The first-order valence-electron chi connectivity index (χ1n) is 7.68. The summed E-state index contributed by atoms with van der Waals surface area (Å²) in [6, 6.07) is 11.3. The van der Waals surface area contributed by atoms with Gasteiger partial charge in [0, 0.05) is 16.7 Å². The highest BCUT2D eigenvalue weighted by molar-refractivity contribution is 5.73. The lowest BCUT2D eigenvalue weighted by Crippen LogP contribution is -2.17. The molecule has 0 atom stereocenters. The Morgan fingerprint density at radius 3 is 1.59 bits per heavy atom. The van der Waals surface area contributed by atoms with E-state index in [0.717, 1.165) is 22.3 Å². The molecule has 0 aliphatic carbocycles. The van der Waals surface area contributed by atoms with E-state index in [2.05, 4.69) is 41.5 Å². The van der Waals surface area contributed by atoms with Crippen LogP contribution in [0.2, 0.25) is 0 Å². The summed E-state index contributed by atoms with van der Waals surface area (Å²) in [6.07, 6.45) is 0. The van der Waals surface area contributed by atoms with Crippen LogP contribution < -0.4 is 0 Å². The molecule has 0 aliphatic heterocycles. The zero-order valence-corrected chi connectivity index (χ0v) is 14.4. The summed E-state index contributed by atoms with van der Waals surface area (Å²) in [4.78, 5) is 0. The zero-order valence-electron chi connectivity index (χ0n) is 14.4. The van der Waals surface area contributed by atoms with E-state index in [9.17, 15) is 10.2 Å². The molecule has 2 nitrogen and oxygen atoms in total. The second-order valence-corrected chi connectivity index (χ2v) is 7.94. The molecule has 0 amide bonds. The van der Waals surface area contributed by atoms with Crippen LogP contribution in [-0.2, 0) is 10.8 Å². The topological polar surface area (TPSA) is 40.5 Å². The Bertz CT molecular complexity index is 651. The molecule has 0 bridgehead atoms. The van der Waals surface area contributed by atoms with Crippen LogP contribution in [0.1, 0.15) is 52.7 Å². The SMILES string of the molecule is CC(C)(C)c1cc(-c2ccccc2O)cc(C(C)(C)C)c1O. The van der Waals surface area contributed by atoms with Gasteiger partial charge in [-0.2, -0.15) is 0 Å². The van der Waals surface area contributed by atoms with Gasteiger partial charge in [-0.25, -0.2) is 0 Å². The van der Waals surface area contributed by atoms with Crippen molar-refractivity contribution >= 4 is 0 Å². The summed E-state index contributed by atoms with van der Waals surface area (Å²) in [7, 11) is 0. The predicted octanol–water partition coefficient (Wildman–Crippen LogP) is 5.36. The van der Waals surface area contributed by atoms with Crippen molar-refractivity contribution in [2.45, 2.75) is 52.4 Å². The second-order valence-electron chi connectivity index (χ2n) is 7.94. The van der Waals surface area contributed by atoms with Crippen LogP contribution in [0.3, 0.4) is 0 Å².